The van der Waals surface area contributed by atoms with Crippen LogP contribution in [0.5, 0.6) is 0 Å². The van der Waals surface area contributed by atoms with Crippen LogP contribution in [-0.4, -0.2) is 16.0 Å². The van der Waals surface area contributed by atoms with E-state index >= 15 is 0 Å². The summed E-state index contributed by atoms with van der Waals surface area (Å²) in [7, 11) is 0. The molecule has 1 aromatic carbocycles. The highest BCUT2D eigenvalue weighted by Gasteiger charge is 2.31. The normalized spacial score (nSPS) is 14.7. The number of alkyl halides is 3. The zero-order valence-electron chi connectivity index (χ0n) is 12.2. The quantitative estimate of drug-likeness (QED) is 0.840. The molecule has 0 unspecified atom stereocenters. The van der Waals surface area contributed by atoms with Gasteiger partial charge in [-0.25, -0.2) is 4.98 Å². The summed E-state index contributed by atoms with van der Waals surface area (Å²) >= 11 is 5.97. The zero-order valence-corrected chi connectivity index (χ0v) is 13.0. The maximum absolute atomic E-state index is 12.8. The first-order valence-electron chi connectivity index (χ1n) is 7.07. The van der Waals surface area contributed by atoms with Gasteiger partial charge in [0.05, 0.1) is 16.3 Å². The molecule has 8 heteroatoms. The predicted molar refractivity (Wildman–Crippen MR) is 83.2 cm³/mol. The van der Waals surface area contributed by atoms with Crippen LogP contribution < -0.4 is 10.6 Å². The minimum absolute atomic E-state index is 0.115. The molecule has 0 bridgehead atoms. The van der Waals surface area contributed by atoms with Crippen LogP contribution in [0.25, 0.3) is 0 Å². The Kier molecular flexibility index (Phi) is 4.06. The Balaban J connectivity index is 1.87. The first-order chi connectivity index (χ1) is 10.8. The lowest BCUT2D eigenvalue weighted by molar-refractivity contribution is -0.137. The van der Waals surface area contributed by atoms with E-state index in [9.17, 15) is 13.2 Å². The van der Waals surface area contributed by atoms with Gasteiger partial charge >= 0.3 is 6.18 Å². The molecule has 1 aliphatic carbocycles. The maximum atomic E-state index is 12.8. The van der Waals surface area contributed by atoms with Gasteiger partial charge in [0.2, 0.25) is 5.95 Å². The molecule has 1 saturated carbocycles. The maximum Gasteiger partial charge on any atom is 0.416 e. The topological polar surface area (TPSA) is 49.8 Å². The number of aryl methyl sites for hydroxylation is 1. The Morgan fingerprint density at radius 1 is 1.17 bits per heavy atom. The lowest BCUT2D eigenvalue weighted by Crippen LogP contribution is -2.08. The van der Waals surface area contributed by atoms with Gasteiger partial charge in [0.1, 0.15) is 5.82 Å². The number of benzene rings is 1. The lowest BCUT2D eigenvalue weighted by atomic mass is 10.2. The molecular weight excluding hydrogens is 329 g/mol. The van der Waals surface area contributed by atoms with E-state index in [4.69, 9.17) is 11.6 Å². The smallest absolute Gasteiger partial charge is 0.367 e. The van der Waals surface area contributed by atoms with Gasteiger partial charge in [-0.2, -0.15) is 18.2 Å². The second kappa shape index (κ2) is 5.88. The third-order valence-electron chi connectivity index (χ3n) is 3.32. The molecule has 0 atom stereocenters. The Morgan fingerprint density at radius 2 is 1.91 bits per heavy atom. The molecule has 0 spiro atoms. The van der Waals surface area contributed by atoms with Crippen LogP contribution in [0.2, 0.25) is 5.02 Å². The zero-order chi connectivity index (χ0) is 16.6. The molecule has 1 aliphatic rings. The van der Waals surface area contributed by atoms with Crippen molar-refractivity contribution in [2.24, 2.45) is 0 Å². The predicted octanol–water partition coefficient (Wildman–Crippen LogP) is 4.78. The van der Waals surface area contributed by atoms with Crippen LogP contribution >= 0.6 is 11.6 Å². The summed E-state index contributed by atoms with van der Waals surface area (Å²) in [5, 5.41) is 6.16. The van der Waals surface area contributed by atoms with Crippen molar-refractivity contribution in [1.82, 2.24) is 9.97 Å². The highest BCUT2D eigenvalue weighted by molar-refractivity contribution is 6.33. The fourth-order valence-electron chi connectivity index (χ4n) is 2.05. The summed E-state index contributed by atoms with van der Waals surface area (Å²) in [4.78, 5) is 8.46. The largest absolute Gasteiger partial charge is 0.416 e. The molecule has 0 radical (unpaired) electrons. The fourth-order valence-corrected chi connectivity index (χ4v) is 2.22. The van der Waals surface area contributed by atoms with Crippen LogP contribution in [0.4, 0.5) is 30.6 Å². The van der Waals surface area contributed by atoms with Gasteiger partial charge in [-0.05, 0) is 38.0 Å². The summed E-state index contributed by atoms with van der Waals surface area (Å²) in [6.45, 7) is 1.79. The van der Waals surface area contributed by atoms with Crippen molar-refractivity contribution in [3.63, 3.8) is 0 Å². The van der Waals surface area contributed by atoms with Crippen LogP contribution in [-0.2, 0) is 6.18 Å². The number of anilines is 3. The van der Waals surface area contributed by atoms with E-state index in [1.54, 1.807) is 13.0 Å². The van der Waals surface area contributed by atoms with Crippen molar-refractivity contribution < 1.29 is 13.2 Å². The minimum Gasteiger partial charge on any atom is -0.367 e. The number of hydrogen-bond acceptors (Lipinski definition) is 4. The molecule has 122 valence electrons. The van der Waals surface area contributed by atoms with E-state index in [2.05, 4.69) is 20.6 Å². The summed E-state index contributed by atoms with van der Waals surface area (Å²) in [6, 6.07) is 5.28. The van der Waals surface area contributed by atoms with Gasteiger partial charge in [-0.3, -0.25) is 0 Å². The third-order valence-corrected chi connectivity index (χ3v) is 3.65. The van der Waals surface area contributed by atoms with E-state index in [1.165, 1.54) is 6.07 Å². The van der Waals surface area contributed by atoms with Crippen molar-refractivity contribution in [3.8, 4) is 0 Å². The molecule has 3 rings (SSSR count). The minimum atomic E-state index is -4.44. The van der Waals surface area contributed by atoms with Crippen LogP contribution in [0.3, 0.4) is 0 Å². The van der Waals surface area contributed by atoms with E-state index in [-0.39, 0.29) is 16.7 Å². The van der Waals surface area contributed by atoms with Gasteiger partial charge in [0.25, 0.3) is 0 Å². The van der Waals surface area contributed by atoms with Gasteiger partial charge in [-0.15, -0.1) is 0 Å². The molecule has 1 heterocycles. The van der Waals surface area contributed by atoms with Crippen molar-refractivity contribution in [3.05, 3.63) is 40.5 Å². The Morgan fingerprint density at radius 3 is 2.57 bits per heavy atom. The van der Waals surface area contributed by atoms with Crippen molar-refractivity contribution in [2.45, 2.75) is 32.0 Å². The molecule has 23 heavy (non-hydrogen) atoms. The van der Waals surface area contributed by atoms with E-state index in [1.807, 2.05) is 0 Å². The lowest BCUT2D eigenvalue weighted by Gasteiger charge is -2.13. The Hall–Kier alpha value is -2.02. The second-order valence-corrected chi connectivity index (χ2v) is 5.86. The van der Waals surface area contributed by atoms with Gasteiger partial charge in [0, 0.05) is 17.8 Å². The Labute approximate surface area is 136 Å². The van der Waals surface area contributed by atoms with Crippen molar-refractivity contribution in [1.29, 1.82) is 0 Å². The number of halogens is 4. The molecule has 1 fully saturated rings. The first-order valence-corrected chi connectivity index (χ1v) is 7.45. The molecule has 1 aromatic heterocycles. The second-order valence-electron chi connectivity index (χ2n) is 5.45. The Bertz CT molecular complexity index is 729. The van der Waals surface area contributed by atoms with Gasteiger partial charge in [-0.1, -0.05) is 11.6 Å². The number of nitrogens with zero attached hydrogens (tertiary/aromatic N) is 2. The van der Waals surface area contributed by atoms with Gasteiger partial charge in [0.15, 0.2) is 0 Å². The van der Waals surface area contributed by atoms with Crippen molar-refractivity contribution >= 4 is 29.1 Å². The van der Waals surface area contributed by atoms with E-state index < -0.39 is 11.7 Å². The van der Waals surface area contributed by atoms with Gasteiger partial charge < -0.3 is 10.6 Å². The van der Waals surface area contributed by atoms with Crippen LogP contribution in [0.1, 0.15) is 24.1 Å². The highest BCUT2D eigenvalue weighted by atomic mass is 35.5. The SMILES string of the molecule is Cc1cc(NC2CC2)nc(Nc2cc(C(F)(F)F)ccc2Cl)n1. The number of aromatic nitrogens is 2. The molecule has 4 nitrogen and oxygen atoms in total. The monoisotopic (exact) mass is 342 g/mol. The number of nitrogens with one attached hydrogen (secondary N) is 2. The van der Waals surface area contributed by atoms with E-state index in [0.717, 1.165) is 25.0 Å². The molecule has 2 N–H and O–H groups in total. The summed E-state index contributed by atoms with van der Waals surface area (Å²) < 4.78 is 38.4. The third kappa shape index (κ3) is 4.04. The van der Waals surface area contributed by atoms with E-state index in [0.29, 0.717) is 17.6 Å². The fraction of sp³-hybridized carbons (Fsp3) is 0.333. The summed E-state index contributed by atoms with van der Waals surface area (Å²) in [5.74, 6) is 0.847. The highest BCUT2D eigenvalue weighted by Crippen LogP contribution is 2.34. The van der Waals surface area contributed by atoms with Crippen molar-refractivity contribution in [2.75, 3.05) is 10.6 Å². The number of rotatable bonds is 4. The molecular formula is C15H14ClF3N4. The first kappa shape index (κ1) is 15.9. The average molecular weight is 343 g/mol. The standard InChI is InChI=1S/C15H14ClF3N4/c1-8-6-13(21-10-3-4-10)23-14(20-8)22-12-7-9(15(17,18)19)2-5-11(12)16/h2,5-7,10H,3-4H2,1H3,(H2,20,21,22,23). The molecule has 0 aliphatic heterocycles. The average Bonchev–Trinajstić information content (AvgIpc) is 3.23. The number of hydrogen-bond donors (Lipinski definition) is 2. The van der Waals surface area contributed by atoms with Crippen LogP contribution in [0, 0.1) is 6.92 Å². The molecule has 2 aromatic rings. The molecule has 0 amide bonds. The molecule has 0 saturated heterocycles. The summed E-state index contributed by atoms with van der Waals surface area (Å²) in [6.07, 6.45) is -2.26. The summed E-state index contributed by atoms with van der Waals surface area (Å²) in [5.41, 5.74) is 0.0339. The van der Waals surface area contributed by atoms with Crippen LogP contribution in [0.15, 0.2) is 24.3 Å².